The highest BCUT2D eigenvalue weighted by atomic mass is 16.5. The fourth-order valence-electron chi connectivity index (χ4n) is 4.05. The van der Waals surface area contributed by atoms with Crippen LogP contribution in [-0.4, -0.2) is 103 Å². The van der Waals surface area contributed by atoms with E-state index in [1.807, 2.05) is 0 Å². The van der Waals surface area contributed by atoms with Gasteiger partial charge in [0.05, 0.1) is 25.1 Å². The Morgan fingerprint density at radius 1 is 1.03 bits per heavy atom. The number of benzene rings is 1. The first-order chi connectivity index (χ1) is 15.9. The van der Waals surface area contributed by atoms with E-state index >= 15 is 0 Å². The van der Waals surface area contributed by atoms with Gasteiger partial charge in [0.2, 0.25) is 17.7 Å². The van der Waals surface area contributed by atoms with Gasteiger partial charge in [0.15, 0.2) is 0 Å². The van der Waals surface area contributed by atoms with E-state index in [1.165, 1.54) is 4.90 Å². The molecule has 2 N–H and O–H groups in total. The van der Waals surface area contributed by atoms with E-state index in [1.54, 1.807) is 31.2 Å². The molecule has 1 atom stereocenters. The van der Waals surface area contributed by atoms with Crippen LogP contribution < -0.4 is 10.6 Å². The Labute approximate surface area is 194 Å². The summed E-state index contributed by atoms with van der Waals surface area (Å²) in [5, 5.41) is 5.49. The number of likely N-dealkylation sites (N-methyl/N-ethyl adjacent to an activating group) is 1. The van der Waals surface area contributed by atoms with Crippen LogP contribution >= 0.6 is 0 Å². The lowest BCUT2D eigenvalue weighted by Gasteiger charge is -2.38. The number of carbonyl (C=O) groups is 4. The highest BCUT2D eigenvalue weighted by molar-refractivity contribution is 5.98. The normalized spacial score (nSPS) is 19.6. The molecule has 2 heterocycles. The average Bonchev–Trinajstić information content (AvgIpc) is 2.81. The molecule has 0 bridgehead atoms. The number of esters is 1. The number of nitrogens with zero attached hydrogens (tertiary/aromatic N) is 3. The Bertz CT molecular complexity index is 851. The van der Waals surface area contributed by atoms with Crippen molar-refractivity contribution < 1.29 is 23.9 Å². The highest BCUT2D eigenvalue weighted by Crippen LogP contribution is 2.15. The third kappa shape index (κ3) is 6.75. The van der Waals surface area contributed by atoms with E-state index < -0.39 is 12.0 Å². The molecule has 10 nitrogen and oxygen atoms in total. The molecule has 0 saturated carbocycles. The van der Waals surface area contributed by atoms with E-state index in [-0.39, 0.29) is 37.3 Å². The Morgan fingerprint density at radius 3 is 2.33 bits per heavy atom. The van der Waals surface area contributed by atoms with Crippen LogP contribution in [-0.2, 0) is 19.1 Å². The zero-order valence-corrected chi connectivity index (χ0v) is 19.3. The number of anilines is 1. The third-order valence-electron chi connectivity index (χ3n) is 5.98. The molecule has 180 valence electrons. The number of piperazine rings is 2. The zero-order valence-electron chi connectivity index (χ0n) is 19.3. The van der Waals surface area contributed by atoms with Gasteiger partial charge in [-0.2, -0.15) is 0 Å². The standard InChI is InChI=1S/C23H33N5O5/c1-3-26-11-13-27(14-12-26)16-21(30)28-10-9-24-22(31)19(28)15-20(29)25-18-7-5-17(6-8-18)23(32)33-4-2/h5-8,19H,3-4,9-16H2,1-2H3,(H,24,31)(H,25,29)/t19-/m0/s1. The molecule has 1 aromatic carbocycles. The first-order valence-electron chi connectivity index (χ1n) is 11.5. The van der Waals surface area contributed by atoms with E-state index in [4.69, 9.17) is 4.74 Å². The fraction of sp³-hybridized carbons (Fsp3) is 0.565. The van der Waals surface area contributed by atoms with Crippen molar-refractivity contribution in [1.82, 2.24) is 20.0 Å². The van der Waals surface area contributed by atoms with Crippen LogP contribution in [0.1, 0.15) is 30.6 Å². The molecule has 0 radical (unpaired) electrons. The summed E-state index contributed by atoms with van der Waals surface area (Å²) in [6.07, 6.45) is -0.138. The number of carbonyl (C=O) groups excluding carboxylic acids is 4. The van der Waals surface area contributed by atoms with Gasteiger partial charge in [-0.25, -0.2) is 4.79 Å². The lowest BCUT2D eigenvalue weighted by Crippen LogP contribution is -2.60. The fourth-order valence-corrected chi connectivity index (χ4v) is 4.05. The molecule has 3 rings (SSSR count). The first kappa shape index (κ1) is 24.7. The Balaban J connectivity index is 1.56. The van der Waals surface area contributed by atoms with Crippen molar-refractivity contribution in [1.29, 1.82) is 0 Å². The van der Waals surface area contributed by atoms with Crippen molar-refractivity contribution in [2.75, 3.05) is 64.3 Å². The van der Waals surface area contributed by atoms with Crippen molar-refractivity contribution in [3.05, 3.63) is 29.8 Å². The van der Waals surface area contributed by atoms with Crippen LogP contribution in [0.3, 0.4) is 0 Å². The van der Waals surface area contributed by atoms with Crippen LogP contribution in [0.5, 0.6) is 0 Å². The monoisotopic (exact) mass is 459 g/mol. The van der Waals surface area contributed by atoms with Crippen LogP contribution in [0.15, 0.2) is 24.3 Å². The molecule has 1 aromatic rings. The van der Waals surface area contributed by atoms with Gasteiger partial charge in [0.25, 0.3) is 0 Å². The number of hydrogen-bond acceptors (Lipinski definition) is 7. The summed E-state index contributed by atoms with van der Waals surface area (Å²) in [6.45, 7) is 9.61. The second kappa shape index (κ2) is 11.8. The summed E-state index contributed by atoms with van der Waals surface area (Å²) in [6, 6.07) is 5.49. The highest BCUT2D eigenvalue weighted by Gasteiger charge is 2.35. The number of amides is 3. The van der Waals surface area contributed by atoms with Crippen LogP contribution in [0, 0.1) is 0 Å². The van der Waals surface area contributed by atoms with Gasteiger partial charge in [0, 0.05) is 45.0 Å². The van der Waals surface area contributed by atoms with Crippen LogP contribution in [0.25, 0.3) is 0 Å². The van der Waals surface area contributed by atoms with Crippen molar-refractivity contribution in [2.45, 2.75) is 26.3 Å². The predicted molar refractivity (Wildman–Crippen MR) is 123 cm³/mol. The molecule has 10 heteroatoms. The molecule has 0 spiro atoms. The Hall–Kier alpha value is -2.98. The summed E-state index contributed by atoms with van der Waals surface area (Å²) in [7, 11) is 0. The van der Waals surface area contributed by atoms with Gasteiger partial charge in [-0.1, -0.05) is 6.92 Å². The van der Waals surface area contributed by atoms with Gasteiger partial charge in [0.1, 0.15) is 6.04 Å². The van der Waals surface area contributed by atoms with Gasteiger partial charge in [-0.05, 0) is 37.7 Å². The van der Waals surface area contributed by atoms with Crippen molar-refractivity contribution in [2.24, 2.45) is 0 Å². The summed E-state index contributed by atoms with van der Waals surface area (Å²) >= 11 is 0. The molecule has 0 aromatic heterocycles. The number of ether oxygens (including phenoxy) is 1. The van der Waals surface area contributed by atoms with Gasteiger partial charge >= 0.3 is 5.97 Å². The molecular formula is C23H33N5O5. The van der Waals surface area contributed by atoms with E-state index in [9.17, 15) is 19.2 Å². The smallest absolute Gasteiger partial charge is 0.338 e. The maximum atomic E-state index is 13.0. The minimum atomic E-state index is -0.845. The molecule has 2 fully saturated rings. The van der Waals surface area contributed by atoms with E-state index in [0.29, 0.717) is 24.3 Å². The van der Waals surface area contributed by atoms with Crippen LogP contribution in [0.2, 0.25) is 0 Å². The van der Waals surface area contributed by atoms with Gasteiger partial charge in [-0.15, -0.1) is 0 Å². The minimum absolute atomic E-state index is 0.133. The quantitative estimate of drug-likeness (QED) is 0.533. The van der Waals surface area contributed by atoms with Crippen molar-refractivity contribution in [3.63, 3.8) is 0 Å². The zero-order chi connectivity index (χ0) is 23.8. The topological polar surface area (TPSA) is 111 Å². The lowest BCUT2D eigenvalue weighted by molar-refractivity contribution is -0.145. The van der Waals surface area contributed by atoms with E-state index in [0.717, 1.165) is 32.7 Å². The van der Waals surface area contributed by atoms with E-state index in [2.05, 4.69) is 27.4 Å². The molecular weight excluding hydrogens is 426 g/mol. The summed E-state index contributed by atoms with van der Waals surface area (Å²) in [5.41, 5.74) is 0.883. The lowest BCUT2D eigenvalue weighted by atomic mass is 10.1. The second-order valence-corrected chi connectivity index (χ2v) is 8.15. The number of nitrogens with one attached hydrogen (secondary N) is 2. The van der Waals surface area contributed by atoms with Gasteiger partial charge in [-0.3, -0.25) is 19.3 Å². The third-order valence-corrected chi connectivity index (χ3v) is 5.98. The molecule has 2 aliphatic rings. The Morgan fingerprint density at radius 2 is 1.70 bits per heavy atom. The summed E-state index contributed by atoms with van der Waals surface area (Å²) in [4.78, 5) is 55.8. The summed E-state index contributed by atoms with van der Waals surface area (Å²) in [5.74, 6) is -1.26. The summed E-state index contributed by atoms with van der Waals surface area (Å²) < 4.78 is 4.95. The maximum Gasteiger partial charge on any atom is 0.338 e. The SMILES string of the molecule is CCOC(=O)c1ccc(NC(=O)C[C@H]2C(=O)NCCN2C(=O)CN2CCN(CC)CC2)cc1. The maximum absolute atomic E-state index is 13.0. The van der Waals surface area contributed by atoms with Crippen molar-refractivity contribution >= 4 is 29.4 Å². The molecule has 2 aliphatic heterocycles. The molecule has 33 heavy (non-hydrogen) atoms. The van der Waals surface area contributed by atoms with Crippen molar-refractivity contribution in [3.8, 4) is 0 Å². The molecule has 0 aliphatic carbocycles. The minimum Gasteiger partial charge on any atom is -0.462 e. The average molecular weight is 460 g/mol. The predicted octanol–water partition coefficient (Wildman–Crippen LogP) is 0.156. The van der Waals surface area contributed by atoms with Crippen LogP contribution in [0.4, 0.5) is 5.69 Å². The Kier molecular flexibility index (Phi) is 8.79. The molecule has 3 amide bonds. The largest absolute Gasteiger partial charge is 0.462 e. The second-order valence-electron chi connectivity index (χ2n) is 8.15. The molecule has 0 unspecified atom stereocenters. The number of hydrogen-bond donors (Lipinski definition) is 2. The van der Waals surface area contributed by atoms with Gasteiger partial charge < -0.3 is 25.2 Å². The molecule has 2 saturated heterocycles. The number of rotatable bonds is 8. The first-order valence-corrected chi connectivity index (χ1v) is 11.5.